The molecule has 2 N–H and O–H groups in total. The van der Waals surface area contributed by atoms with Crippen LogP contribution in [-0.4, -0.2) is 36.6 Å². The molecule has 0 spiro atoms. The van der Waals surface area contributed by atoms with Gasteiger partial charge in [0.15, 0.2) is 0 Å². The number of urea groups is 1. The molecule has 1 aliphatic carbocycles. The molecule has 1 aromatic carbocycles. The summed E-state index contributed by atoms with van der Waals surface area (Å²) < 4.78 is 0. The first-order valence-corrected chi connectivity index (χ1v) is 8.14. The Hall–Kier alpha value is -1.26. The van der Waals surface area contributed by atoms with E-state index in [4.69, 9.17) is 11.6 Å². The monoisotopic (exact) mass is 307 g/mol. The maximum atomic E-state index is 12.5. The number of benzene rings is 1. The minimum atomic E-state index is 0.0189. The Morgan fingerprint density at radius 1 is 1.29 bits per heavy atom. The van der Waals surface area contributed by atoms with Crippen molar-refractivity contribution in [2.75, 3.05) is 25.0 Å². The highest BCUT2D eigenvalue weighted by Crippen LogP contribution is 2.29. The first kappa shape index (κ1) is 14.7. The molecule has 3 rings (SSSR count). The molecule has 1 aromatic rings. The lowest BCUT2D eigenvalue weighted by Gasteiger charge is -2.30. The fraction of sp³-hybridized carbons (Fsp3) is 0.562. The van der Waals surface area contributed by atoms with Crippen LogP contribution in [0.4, 0.5) is 10.5 Å². The van der Waals surface area contributed by atoms with Crippen molar-refractivity contribution < 1.29 is 4.79 Å². The minimum Gasteiger partial charge on any atom is -0.321 e. The Morgan fingerprint density at radius 2 is 2.05 bits per heavy atom. The van der Waals surface area contributed by atoms with Gasteiger partial charge in [-0.2, -0.15) is 0 Å². The van der Waals surface area contributed by atoms with E-state index in [9.17, 15) is 4.79 Å². The van der Waals surface area contributed by atoms with E-state index >= 15 is 0 Å². The number of piperidine rings is 1. The fourth-order valence-electron chi connectivity index (χ4n) is 2.87. The number of nitrogens with zero attached hydrogens (tertiary/aromatic N) is 1. The molecule has 1 unspecified atom stereocenters. The number of carbonyl (C=O) groups is 1. The van der Waals surface area contributed by atoms with Crippen LogP contribution in [0.2, 0.25) is 5.02 Å². The summed E-state index contributed by atoms with van der Waals surface area (Å²) in [7, 11) is 0. The van der Waals surface area contributed by atoms with Crippen LogP contribution in [-0.2, 0) is 0 Å². The smallest absolute Gasteiger partial charge is 0.321 e. The molecule has 4 nitrogen and oxygen atoms in total. The van der Waals surface area contributed by atoms with Crippen LogP contribution in [0.25, 0.3) is 0 Å². The number of amides is 2. The Kier molecular flexibility index (Phi) is 4.66. The zero-order valence-corrected chi connectivity index (χ0v) is 12.9. The lowest BCUT2D eigenvalue weighted by Crippen LogP contribution is -2.43. The van der Waals surface area contributed by atoms with Crippen molar-refractivity contribution in [3.8, 4) is 0 Å². The predicted molar refractivity (Wildman–Crippen MR) is 85.8 cm³/mol. The lowest BCUT2D eigenvalue weighted by atomic mass is 9.99. The van der Waals surface area contributed by atoms with Crippen molar-refractivity contribution in [2.24, 2.45) is 5.92 Å². The second-order valence-electron chi connectivity index (χ2n) is 6.03. The van der Waals surface area contributed by atoms with Gasteiger partial charge in [-0.3, -0.25) is 0 Å². The summed E-state index contributed by atoms with van der Waals surface area (Å²) in [6.07, 6.45) is 4.69. The zero-order chi connectivity index (χ0) is 14.7. The fourth-order valence-corrected chi connectivity index (χ4v) is 3.00. The summed E-state index contributed by atoms with van der Waals surface area (Å²) in [6.45, 7) is 2.99. The van der Waals surface area contributed by atoms with E-state index < -0.39 is 0 Å². The number of anilines is 1. The highest BCUT2D eigenvalue weighted by atomic mass is 35.5. The van der Waals surface area contributed by atoms with Crippen molar-refractivity contribution in [3.05, 3.63) is 29.3 Å². The topological polar surface area (TPSA) is 44.4 Å². The molecule has 0 bridgehead atoms. The third-order valence-electron chi connectivity index (χ3n) is 4.20. The number of halogens is 1. The molecule has 1 aliphatic heterocycles. The molecule has 114 valence electrons. The van der Waals surface area contributed by atoms with Gasteiger partial charge in [-0.15, -0.1) is 0 Å². The molecule has 5 heteroatoms. The molecule has 2 fully saturated rings. The van der Waals surface area contributed by atoms with Gasteiger partial charge in [-0.25, -0.2) is 4.79 Å². The SMILES string of the molecule is O=C(Nc1ccc(Cl)cc1)N(CC1CCCNC1)C1CC1. The third kappa shape index (κ3) is 4.11. The Morgan fingerprint density at radius 3 is 2.67 bits per heavy atom. The van der Waals surface area contributed by atoms with Gasteiger partial charge < -0.3 is 15.5 Å². The first-order chi connectivity index (χ1) is 10.2. The van der Waals surface area contributed by atoms with Crippen LogP contribution in [0.15, 0.2) is 24.3 Å². The first-order valence-electron chi connectivity index (χ1n) is 7.76. The maximum absolute atomic E-state index is 12.5. The van der Waals surface area contributed by atoms with Crippen molar-refractivity contribution in [1.29, 1.82) is 0 Å². The largest absolute Gasteiger partial charge is 0.322 e. The summed E-state index contributed by atoms with van der Waals surface area (Å²) in [5.74, 6) is 0.579. The van der Waals surface area contributed by atoms with Crippen LogP contribution in [0, 0.1) is 5.92 Å². The van der Waals surface area contributed by atoms with E-state index in [0.29, 0.717) is 17.0 Å². The number of hydrogen-bond donors (Lipinski definition) is 2. The second-order valence-corrected chi connectivity index (χ2v) is 6.47. The number of hydrogen-bond acceptors (Lipinski definition) is 2. The van der Waals surface area contributed by atoms with E-state index in [2.05, 4.69) is 10.6 Å². The molecule has 21 heavy (non-hydrogen) atoms. The molecule has 1 heterocycles. The van der Waals surface area contributed by atoms with E-state index in [1.54, 1.807) is 12.1 Å². The zero-order valence-electron chi connectivity index (χ0n) is 12.1. The van der Waals surface area contributed by atoms with Gasteiger partial charge >= 0.3 is 6.03 Å². The summed E-state index contributed by atoms with van der Waals surface area (Å²) in [5, 5.41) is 7.09. The van der Waals surface area contributed by atoms with Gasteiger partial charge in [-0.05, 0) is 69.0 Å². The van der Waals surface area contributed by atoms with Crippen LogP contribution in [0.3, 0.4) is 0 Å². The normalized spacial score (nSPS) is 21.9. The molecule has 1 atom stereocenters. The number of carbonyl (C=O) groups excluding carboxylic acids is 1. The van der Waals surface area contributed by atoms with Gasteiger partial charge in [0.25, 0.3) is 0 Å². The molecule has 1 saturated heterocycles. The minimum absolute atomic E-state index is 0.0189. The van der Waals surface area contributed by atoms with Crippen LogP contribution in [0.5, 0.6) is 0 Å². The third-order valence-corrected chi connectivity index (χ3v) is 4.45. The van der Waals surface area contributed by atoms with Crippen molar-refractivity contribution >= 4 is 23.3 Å². The Labute approximate surface area is 130 Å². The quantitative estimate of drug-likeness (QED) is 0.896. The summed E-state index contributed by atoms with van der Waals surface area (Å²) in [4.78, 5) is 14.5. The van der Waals surface area contributed by atoms with Crippen LogP contribution >= 0.6 is 11.6 Å². The van der Waals surface area contributed by atoms with Crippen molar-refractivity contribution in [1.82, 2.24) is 10.2 Å². The van der Waals surface area contributed by atoms with Crippen molar-refractivity contribution in [2.45, 2.75) is 31.7 Å². The Balaban J connectivity index is 1.60. The van der Waals surface area contributed by atoms with Gasteiger partial charge in [0.2, 0.25) is 0 Å². The van der Waals surface area contributed by atoms with Gasteiger partial charge in [0.1, 0.15) is 0 Å². The number of rotatable bonds is 4. The predicted octanol–water partition coefficient (Wildman–Crippen LogP) is 3.34. The van der Waals surface area contributed by atoms with Crippen LogP contribution in [0.1, 0.15) is 25.7 Å². The van der Waals surface area contributed by atoms with E-state index in [1.165, 1.54) is 12.8 Å². The second kappa shape index (κ2) is 6.67. The Bertz CT molecular complexity index is 481. The van der Waals surface area contributed by atoms with E-state index in [-0.39, 0.29) is 6.03 Å². The molecular formula is C16H22ClN3O. The molecular weight excluding hydrogens is 286 g/mol. The van der Waals surface area contributed by atoms with Crippen molar-refractivity contribution in [3.63, 3.8) is 0 Å². The average Bonchev–Trinajstić information content (AvgIpc) is 3.33. The van der Waals surface area contributed by atoms with Gasteiger partial charge in [0, 0.05) is 23.3 Å². The molecule has 1 saturated carbocycles. The summed E-state index contributed by atoms with van der Waals surface area (Å²) in [6, 6.07) is 7.72. The standard InChI is InChI=1S/C16H22ClN3O/c17-13-3-5-14(6-4-13)19-16(21)20(15-7-8-15)11-12-2-1-9-18-10-12/h3-6,12,15,18H,1-2,7-11H2,(H,19,21). The average molecular weight is 308 g/mol. The molecule has 2 aliphatic rings. The molecule has 2 amide bonds. The van der Waals surface area contributed by atoms with Gasteiger partial charge in [0.05, 0.1) is 0 Å². The maximum Gasteiger partial charge on any atom is 0.322 e. The lowest BCUT2D eigenvalue weighted by molar-refractivity contribution is 0.190. The summed E-state index contributed by atoms with van der Waals surface area (Å²) in [5.41, 5.74) is 0.803. The summed E-state index contributed by atoms with van der Waals surface area (Å²) >= 11 is 5.87. The van der Waals surface area contributed by atoms with E-state index in [1.807, 2.05) is 17.0 Å². The van der Waals surface area contributed by atoms with E-state index in [0.717, 1.165) is 38.2 Å². The molecule has 0 aromatic heterocycles. The number of nitrogens with one attached hydrogen (secondary N) is 2. The van der Waals surface area contributed by atoms with Gasteiger partial charge in [-0.1, -0.05) is 11.6 Å². The van der Waals surface area contributed by atoms with Crippen LogP contribution < -0.4 is 10.6 Å². The molecule has 0 radical (unpaired) electrons. The highest BCUT2D eigenvalue weighted by Gasteiger charge is 2.34. The highest BCUT2D eigenvalue weighted by molar-refractivity contribution is 6.30.